The molecule has 2 aromatic rings. The summed E-state index contributed by atoms with van der Waals surface area (Å²) in [5, 5.41) is 6.68. The third-order valence-electron chi connectivity index (χ3n) is 4.00. The molecule has 0 aromatic heterocycles. The summed E-state index contributed by atoms with van der Waals surface area (Å²) in [4.78, 5) is 6.37. The van der Waals surface area contributed by atoms with Crippen molar-refractivity contribution in [1.29, 1.82) is 0 Å². The number of nitrogens with zero attached hydrogens (tertiary/aromatic N) is 2. The van der Waals surface area contributed by atoms with E-state index in [-0.39, 0.29) is 0 Å². The molecule has 134 valence electrons. The summed E-state index contributed by atoms with van der Waals surface area (Å²) in [7, 11) is 7.56. The Morgan fingerprint density at radius 2 is 1.60 bits per heavy atom. The Labute approximate surface area is 150 Å². The molecule has 0 unspecified atom stereocenters. The third kappa shape index (κ3) is 6.03. The van der Waals surface area contributed by atoms with Gasteiger partial charge in [-0.2, -0.15) is 0 Å². The maximum atomic E-state index is 5.17. The minimum atomic E-state index is 0.723. The van der Waals surface area contributed by atoms with E-state index in [9.17, 15) is 0 Å². The van der Waals surface area contributed by atoms with Crippen molar-refractivity contribution in [3.8, 4) is 5.75 Å². The van der Waals surface area contributed by atoms with Gasteiger partial charge in [0.1, 0.15) is 5.75 Å². The van der Waals surface area contributed by atoms with Gasteiger partial charge in [-0.1, -0.05) is 24.3 Å². The first-order chi connectivity index (χ1) is 12.1. The Kier molecular flexibility index (Phi) is 7.14. The first kappa shape index (κ1) is 18.6. The van der Waals surface area contributed by atoms with Crippen molar-refractivity contribution in [2.75, 3.05) is 39.7 Å². The lowest BCUT2D eigenvalue weighted by molar-refractivity contribution is 0.414. The van der Waals surface area contributed by atoms with Crippen LogP contribution >= 0.6 is 0 Å². The second kappa shape index (κ2) is 9.57. The average Bonchev–Trinajstić information content (AvgIpc) is 2.65. The van der Waals surface area contributed by atoms with E-state index >= 15 is 0 Å². The number of anilines is 1. The monoisotopic (exact) mass is 340 g/mol. The van der Waals surface area contributed by atoms with Crippen molar-refractivity contribution >= 4 is 11.6 Å². The number of aliphatic imine (C=N–C) groups is 1. The van der Waals surface area contributed by atoms with Gasteiger partial charge in [0.25, 0.3) is 0 Å². The first-order valence-electron chi connectivity index (χ1n) is 8.46. The maximum absolute atomic E-state index is 5.17. The van der Waals surface area contributed by atoms with E-state index in [0.29, 0.717) is 0 Å². The number of hydrogen-bond donors (Lipinski definition) is 2. The van der Waals surface area contributed by atoms with E-state index in [1.54, 1.807) is 14.2 Å². The fraction of sp³-hybridized carbons (Fsp3) is 0.350. The molecule has 0 aliphatic rings. The van der Waals surface area contributed by atoms with E-state index in [0.717, 1.165) is 31.2 Å². The molecule has 5 heteroatoms. The zero-order chi connectivity index (χ0) is 18.1. The molecule has 2 N–H and O–H groups in total. The van der Waals surface area contributed by atoms with Crippen LogP contribution in [0.3, 0.4) is 0 Å². The molecule has 0 saturated heterocycles. The lowest BCUT2D eigenvalue weighted by atomic mass is 10.1. The van der Waals surface area contributed by atoms with Crippen molar-refractivity contribution in [1.82, 2.24) is 10.6 Å². The van der Waals surface area contributed by atoms with E-state index in [1.807, 2.05) is 24.3 Å². The van der Waals surface area contributed by atoms with Crippen molar-refractivity contribution in [3.05, 3.63) is 59.7 Å². The molecule has 0 radical (unpaired) electrons. The normalized spacial score (nSPS) is 11.1. The molecule has 5 nitrogen and oxygen atoms in total. The summed E-state index contributed by atoms with van der Waals surface area (Å²) in [5.41, 5.74) is 3.71. The smallest absolute Gasteiger partial charge is 0.191 e. The van der Waals surface area contributed by atoms with Crippen LogP contribution < -0.4 is 20.3 Å². The molecule has 0 fully saturated rings. The van der Waals surface area contributed by atoms with E-state index < -0.39 is 0 Å². The first-order valence-corrected chi connectivity index (χ1v) is 8.46. The van der Waals surface area contributed by atoms with Gasteiger partial charge in [-0.25, -0.2) is 0 Å². The van der Waals surface area contributed by atoms with E-state index in [2.05, 4.69) is 58.9 Å². The van der Waals surface area contributed by atoms with Crippen molar-refractivity contribution in [3.63, 3.8) is 0 Å². The van der Waals surface area contributed by atoms with Gasteiger partial charge in [0.2, 0.25) is 0 Å². The number of guanidine groups is 1. The largest absolute Gasteiger partial charge is 0.497 e. The number of rotatable bonds is 7. The molecule has 25 heavy (non-hydrogen) atoms. The fourth-order valence-electron chi connectivity index (χ4n) is 2.44. The van der Waals surface area contributed by atoms with E-state index in [1.165, 1.54) is 16.8 Å². The molecule has 0 saturated carbocycles. The number of benzene rings is 2. The standard InChI is InChI=1S/C20H28N4O/c1-21-20(23-15-17-7-11-19(25-4)12-8-17)22-14-13-16-5-9-18(10-6-16)24(2)3/h5-12H,13-15H2,1-4H3,(H2,21,22,23). The molecule has 0 heterocycles. The Morgan fingerprint density at radius 3 is 2.16 bits per heavy atom. The molecule has 2 aromatic carbocycles. The highest BCUT2D eigenvalue weighted by Gasteiger charge is 2.00. The van der Waals surface area contributed by atoms with Crippen LogP contribution in [0.1, 0.15) is 11.1 Å². The van der Waals surface area contributed by atoms with Gasteiger partial charge < -0.3 is 20.3 Å². The maximum Gasteiger partial charge on any atom is 0.191 e. The SMILES string of the molecule is CN=C(NCCc1ccc(N(C)C)cc1)NCc1ccc(OC)cc1. The van der Waals surface area contributed by atoms with Crippen LogP contribution in [-0.2, 0) is 13.0 Å². The zero-order valence-corrected chi connectivity index (χ0v) is 15.5. The summed E-state index contributed by atoms with van der Waals surface area (Å²) in [6.45, 7) is 1.56. The van der Waals surface area contributed by atoms with Gasteiger partial charge in [-0.15, -0.1) is 0 Å². The number of methoxy groups -OCH3 is 1. The van der Waals surface area contributed by atoms with Crippen molar-refractivity contribution in [2.45, 2.75) is 13.0 Å². The van der Waals surface area contributed by atoms with Crippen LogP contribution in [0.5, 0.6) is 5.75 Å². The molecule has 0 atom stereocenters. The number of ether oxygens (including phenoxy) is 1. The highest BCUT2D eigenvalue weighted by Crippen LogP contribution is 2.12. The van der Waals surface area contributed by atoms with Gasteiger partial charge in [-0.05, 0) is 41.8 Å². The molecule has 0 aliphatic carbocycles. The molecule has 0 spiro atoms. The van der Waals surface area contributed by atoms with Gasteiger partial charge >= 0.3 is 0 Å². The van der Waals surface area contributed by atoms with Crippen LogP contribution in [0.25, 0.3) is 0 Å². The van der Waals surface area contributed by atoms with Gasteiger partial charge in [0, 0.05) is 39.9 Å². The third-order valence-corrected chi connectivity index (χ3v) is 4.00. The van der Waals surface area contributed by atoms with E-state index in [4.69, 9.17) is 4.74 Å². The second-order valence-corrected chi connectivity index (χ2v) is 6.01. The summed E-state index contributed by atoms with van der Waals surface area (Å²) in [5.74, 6) is 1.67. The molecular formula is C20H28N4O. The predicted molar refractivity (Wildman–Crippen MR) is 106 cm³/mol. The summed E-state index contributed by atoms with van der Waals surface area (Å²) in [6, 6.07) is 16.7. The summed E-state index contributed by atoms with van der Waals surface area (Å²) in [6.07, 6.45) is 0.955. The molecule has 0 aliphatic heterocycles. The van der Waals surface area contributed by atoms with Crippen LogP contribution in [0.4, 0.5) is 5.69 Å². The Morgan fingerprint density at radius 1 is 0.960 bits per heavy atom. The zero-order valence-electron chi connectivity index (χ0n) is 15.5. The minimum Gasteiger partial charge on any atom is -0.497 e. The highest BCUT2D eigenvalue weighted by molar-refractivity contribution is 5.79. The molecule has 2 rings (SSSR count). The van der Waals surface area contributed by atoms with Crippen LogP contribution in [0.15, 0.2) is 53.5 Å². The lowest BCUT2D eigenvalue weighted by Crippen LogP contribution is -2.37. The van der Waals surface area contributed by atoms with Gasteiger partial charge in [-0.3, -0.25) is 4.99 Å². The van der Waals surface area contributed by atoms with Crippen molar-refractivity contribution in [2.24, 2.45) is 4.99 Å². The van der Waals surface area contributed by atoms with Crippen LogP contribution in [0.2, 0.25) is 0 Å². The molecule has 0 amide bonds. The lowest BCUT2D eigenvalue weighted by Gasteiger charge is -2.14. The predicted octanol–water partition coefficient (Wildman–Crippen LogP) is 2.67. The van der Waals surface area contributed by atoms with Gasteiger partial charge in [0.15, 0.2) is 5.96 Å². The summed E-state index contributed by atoms with van der Waals surface area (Å²) >= 11 is 0. The Bertz CT molecular complexity index is 663. The highest BCUT2D eigenvalue weighted by atomic mass is 16.5. The van der Waals surface area contributed by atoms with Gasteiger partial charge in [0.05, 0.1) is 7.11 Å². The minimum absolute atomic E-state index is 0.723. The second-order valence-electron chi connectivity index (χ2n) is 6.01. The van der Waals surface area contributed by atoms with Crippen LogP contribution in [-0.4, -0.2) is 40.8 Å². The quantitative estimate of drug-likeness (QED) is 0.601. The summed E-state index contributed by atoms with van der Waals surface area (Å²) < 4.78 is 5.17. The Hall–Kier alpha value is -2.69. The Balaban J connectivity index is 1.76. The average molecular weight is 340 g/mol. The number of nitrogens with one attached hydrogen (secondary N) is 2. The molecular weight excluding hydrogens is 312 g/mol. The van der Waals surface area contributed by atoms with Crippen molar-refractivity contribution < 1.29 is 4.74 Å². The topological polar surface area (TPSA) is 48.9 Å². The fourth-order valence-corrected chi connectivity index (χ4v) is 2.44. The molecule has 0 bridgehead atoms. The number of hydrogen-bond acceptors (Lipinski definition) is 3. The van der Waals surface area contributed by atoms with Crippen LogP contribution in [0, 0.1) is 0 Å².